The monoisotopic (exact) mass is 376 g/mol. The van der Waals surface area contributed by atoms with Crippen LogP contribution in [-0.4, -0.2) is 39.3 Å². The number of nitrogens with one attached hydrogen (secondary N) is 1. The molecule has 0 spiro atoms. The van der Waals surface area contributed by atoms with Crippen LogP contribution in [0.3, 0.4) is 0 Å². The summed E-state index contributed by atoms with van der Waals surface area (Å²) >= 11 is 0. The Morgan fingerprint density at radius 2 is 1.85 bits per heavy atom. The lowest BCUT2D eigenvalue weighted by atomic mass is 10.1. The molecule has 2 rings (SSSR count). The molecule has 26 heavy (non-hydrogen) atoms. The van der Waals surface area contributed by atoms with E-state index in [1.807, 2.05) is 31.2 Å². The van der Waals surface area contributed by atoms with Gasteiger partial charge in [-0.15, -0.1) is 0 Å². The average Bonchev–Trinajstić information content (AvgIpc) is 2.61. The lowest BCUT2D eigenvalue weighted by Crippen LogP contribution is -2.23. The maximum atomic E-state index is 12.3. The molecule has 0 unspecified atom stereocenters. The van der Waals surface area contributed by atoms with Crippen LogP contribution in [0.5, 0.6) is 5.75 Å². The Morgan fingerprint density at radius 1 is 1.15 bits per heavy atom. The van der Waals surface area contributed by atoms with Crippen LogP contribution in [0.25, 0.3) is 0 Å². The molecular formula is C19H24N2O4S. The maximum absolute atomic E-state index is 12.3. The number of anilines is 1. The summed E-state index contributed by atoms with van der Waals surface area (Å²) in [5.41, 5.74) is 2.24. The zero-order chi connectivity index (χ0) is 19.3. The molecule has 0 aliphatic carbocycles. The first-order valence-electron chi connectivity index (χ1n) is 8.29. The van der Waals surface area contributed by atoms with Gasteiger partial charge in [0.25, 0.3) is 5.91 Å². The van der Waals surface area contributed by atoms with Crippen molar-refractivity contribution in [1.82, 2.24) is 4.31 Å². The van der Waals surface area contributed by atoms with Gasteiger partial charge in [-0.1, -0.05) is 31.2 Å². The van der Waals surface area contributed by atoms with E-state index in [2.05, 4.69) is 5.32 Å². The SMILES string of the molecule is CCc1ccccc1OCC(=O)Nc1cc(S(=O)(=O)N(C)C)ccc1C. The van der Waals surface area contributed by atoms with Gasteiger partial charge in [0.05, 0.1) is 4.90 Å². The number of para-hydroxylation sites is 1. The average molecular weight is 376 g/mol. The van der Waals surface area contributed by atoms with Gasteiger partial charge in [-0.25, -0.2) is 12.7 Å². The molecule has 0 saturated carbocycles. The van der Waals surface area contributed by atoms with Gasteiger partial charge in [-0.2, -0.15) is 0 Å². The first-order valence-corrected chi connectivity index (χ1v) is 9.73. The van der Waals surface area contributed by atoms with Crippen LogP contribution >= 0.6 is 0 Å². The number of aryl methyl sites for hydroxylation is 2. The number of carbonyl (C=O) groups is 1. The Hall–Kier alpha value is -2.38. The van der Waals surface area contributed by atoms with Crippen LogP contribution in [0.15, 0.2) is 47.4 Å². The van der Waals surface area contributed by atoms with Crippen LogP contribution in [0.4, 0.5) is 5.69 Å². The molecule has 0 radical (unpaired) electrons. The van der Waals surface area contributed by atoms with Crippen molar-refractivity contribution in [1.29, 1.82) is 0 Å². The minimum atomic E-state index is -3.57. The van der Waals surface area contributed by atoms with Gasteiger partial charge in [0, 0.05) is 19.8 Å². The highest BCUT2D eigenvalue weighted by Crippen LogP contribution is 2.22. The van der Waals surface area contributed by atoms with Gasteiger partial charge in [0.1, 0.15) is 5.75 Å². The number of hydrogen-bond donors (Lipinski definition) is 1. The van der Waals surface area contributed by atoms with E-state index in [0.717, 1.165) is 21.9 Å². The highest BCUT2D eigenvalue weighted by Gasteiger charge is 2.18. The number of benzene rings is 2. The smallest absolute Gasteiger partial charge is 0.262 e. The third kappa shape index (κ3) is 4.62. The first kappa shape index (κ1) is 19.9. The van der Waals surface area contributed by atoms with E-state index in [1.165, 1.54) is 26.2 Å². The molecule has 0 atom stereocenters. The largest absolute Gasteiger partial charge is 0.483 e. The van der Waals surface area contributed by atoms with E-state index in [9.17, 15) is 13.2 Å². The molecule has 6 nitrogen and oxygen atoms in total. The minimum absolute atomic E-state index is 0.126. The fraction of sp³-hybridized carbons (Fsp3) is 0.316. The van der Waals surface area contributed by atoms with Crippen molar-refractivity contribution < 1.29 is 17.9 Å². The van der Waals surface area contributed by atoms with E-state index in [4.69, 9.17) is 4.74 Å². The fourth-order valence-corrected chi connectivity index (χ4v) is 3.30. The third-order valence-electron chi connectivity index (χ3n) is 3.97. The van der Waals surface area contributed by atoms with Crippen LogP contribution in [0, 0.1) is 6.92 Å². The molecule has 0 saturated heterocycles. The lowest BCUT2D eigenvalue weighted by Gasteiger charge is -2.15. The Bertz CT molecular complexity index is 892. The van der Waals surface area contributed by atoms with Gasteiger partial charge >= 0.3 is 0 Å². The van der Waals surface area contributed by atoms with Crippen molar-refractivity contribution in [3.05, 3.63) is 53.6 Å². The zero-order valence-electron chi connectivity index (χ0n) is 15.4. The summed E-state index contributed by atoms with van der Waals surface area (Å²) in [6.45, 7) is 3.67. The second kappa shape index (κ2) is 8.33. The van der Waals surface area contributed by atoms with E-state index >= 15 is 0 Å². The highest BCUT2D eigenvalue weighted by atomic mass is 32.2. The number of amides is 1. The lowest BCUT2D eigenvalue weighted by molar-refractivity contribution is -0.118. The molecular weight excluding hydrogens is 352 g/mol. The highest BCUT2D eigenvalue weighted by molar-refractivity contribution is 7.89. The van der Waals surface area contributed by atoms with E-state index in [-0.39, 0.29) is 17.4 Å². The summed E-state index contributed by atoms with van der Waals surface area (Å²) in [4.78, 5) is 12.4. The van der Waals surface area contributed by atoms with Crippen LogP contribution < -0.4 is 10.1 Å². The van der Waals surface area contributed by atoms with Gasteiger partial charge in [0.2, 0.25) is 10.0 Å². The first-order chi connectivity index (χ1) is 12.3. The molecule has 2 aromatic rings. The molecule has 0 bridgehead atoms. The number of rotatable bonds is 7. The molecule has 1 N–H and O–H groups in total. The number of nitrogens with zero attached hydrogens (tertiary/aromatic N) is 1. The van der Waals surface area contributed by atoms with E-state index in [0.29, 0.717) is 11.4 Å². The summed E-state index contributed by atoms with van der Waals surface area (Å²) in [6.07, 6.45) is 0.807. The number of ether oxygens (including phenoxy) is 1. The molecule has 0 fully saturated rings. The summed E-state index contributed by atoms with van der Waals surface area (Å²) in [5, 5.41) is 2.72. The molecule has 1 amide bonds. The number of sulfonamides is 1. The molecule has 0 heterocycles. The standard InChI is InChI=1S/C19H24N2O4S/c1-5-15-8-6-7-9-18(15)25-13-19(22)20-17-12-16(11-10-14(17)2)26(23,24)21(3)4/h6-12H,5,13H2,1-4H3,(H,20,22). The van der Waals surface area contributed by atoms with Crippen molar-refractivity contribution >= 4 is 21.6 Å². The third-order valence-corrected chi connectivity index (χ3v) is 5.79. The van der Waals surface area contributed by atoms with Crippen molar-refractivity contribution in [2.24, 2.45) is 0 Å². The summed E-state index contributed by atoms with van der Waals surface area (Å²) in [5.74, 6) is 0.323. The molecule has 7 heteroatoms. The summed E-state index contributed by atoms with van der Waals surface area (Å²) in [7, 11) is -0.636. The van der Waals surface area contributed by atoms with Crippen LogP contribution in [0.1, 0.15) is 18.1 Å². The van der Waals surface area contributed by atoms with Gasteiger partial charge < -0.3 is 10.1 Å². The second-order valence-corrected chi connectivity index (χ2v) is 8.21. The van der Waals surface area contributed by atoms with Crippen molar-refractivity contribution in [2.75, 3.05) is 26.0 Å². The quantitative estimate of drug-likeness (QED) is 0.806. The Kier molecular flexibility index (Phi) is 6.39. The van der Waals surface area contributed by atoms with Crippen molar-refractivity contribution in [2.45, 2.75) is 25.2 Å². The second-order valence-electron chi connectivity index (χ2n) is 6.06. The Balaban J connectivity index is 2.11. The predicted octanol–water partition coefficient (Wildman–Crippen LogP) is 2.83. The molecule has 2 aromatic carbocycles. The van der Waals surface area contributed by atoms with E-state index < -0.39 is 10.0 Å². The summed E-state index contributed by atoms with van der Waals surface area (Å²) in [6, 6.07) is 12.2. The van der Waals surface area contributed by atoms with Crippen LogP contribution in [0.2, 0.25) is 0 Å². The Morgan fingerprint density at radius 3 is 2.50 bits per heavy atom. The van der Waals surface area contributed by atoms with Crippen molar-refractivity contribution in [3.63, 3.8) is 0 Å². The predicted molar refractivity (Wildman–Crippen MR) is 102 cm³/mol. The Labute approximate surface area is 154 Å². The number of hydrogen-bond acceptors (Lipinski definition) is 4. The number of carbonyl (C=O) groups excluding carboxylic acids is 1. The molecule has 0 aromatic heterocycles. The van der Waals surface area contributed by atoms with Gasteiger partial charge in [0.15, 0.2) is 6.61 Å². The molecule has 140 valence electrons. The topological polar surface area (TPSA) is 75.7 Å². The maximum Gasteiger partial charge on any atom is 0.262 e. The normalized spacial score (nSPS) is 11.4. The van der Waals surface area contributed by atoms with E-state index in [1.54, 1.807) is 13.0 Å². The molecule has 0 aliphatic rings. The fourth-order valence-electron chi connectivity index (χ4n) is 2.37. The van der Waals surface area contributed by atoms with Gasteiger partial charge in [-0.05, 0) is 42.7 Å². The zero-order valence-corrected chi connectivity index (χ0v) is 16.3. The minimum Gasteiger partial charge on any atom is -0.483 e. The molecule has 0 aliphatic heterocycles. The van der Waals surface area contributed by atoms with Gasteiger partial charge in [-0.3, -0.25) is 4.79 Å². The van der Waals surface area contributed by atoms with Crippen LogP contribution in [-0.2, 0) is 21.2 Å². The van der Waals surface area contributed by atoms with Crippen molar-refractivity contribution in [3.8, 4) is 5.75 Å². The summed E-state index contributed by atoms with van der Waals surface area (Å²) < 4.78 is 31.2.